The second kappa shape index (κ2) is 6.79. The highest BCUT2D eigenvalue weighted by Gasteiger charge is 2.30. The van der Waals surface area contributed by atoms with E-state index < -0.39 is 22.0 Å². The van der Waals surface area contributed by atoms with Gasteiger partial charge in [-0.05, 0) is 48.4 Å². The lowest BCUT2D eigenvalue weighted by Gasteiger charge is -2.21. The number of benzene rings is 1. The van der Waals surface area contributed by atoms with Gasteiger partial charge in [0.25, 0.3) is 0 Å². The molecule has 0 saturated carbocycles. The lowest BCUT2D eigenvalue weighted by atomic mass is 10.0. The standard InChI is InChI=1S/C16H23NO4S/c1-4-11(2)15(16(18)21-3)17-22(19,20)14-9-8-12-6-5-7-13(12)10-14/h8-11,15,17H,4-7H2,1-3H3/t11-,15+/m1/s1. The van der Waals surface area contributed by atoms with Crippen molar-refractivity contribution in [2.45, 2.75) is 50.5 Å². The van der Waals surface area contributed by atoms with Crippen molar-refractivity contribution in [3.63, 3.8) is 0 Å². The number of nitrogens with one attached hydrogen (secondary N) is 1. The zero-order valence-corrected chi connectivity index (χ0v) is 14.1. The molecule has 2 atom stereocenters. The molecular formula is C16H23NO4S. The third-order valence-electron chi connectivity index (χ3n) is 4.33. The van der Waals surface area contributed by atoms with E-state index in [0.29, 0.717) is 6.42 Å². The highest BCUT2D eigenvalue weighted by atomic mass is 32.2. The first-order valence-electron chi connectivity index (χ1n) is 7.61. The van der Waals surface area contributed by atoms with Crippen LogP contribution in [0.25, 0.3) is 0 Å². The summed E-state index contributed by atoms with van der Waals surface area (Å²) >= 11 is 0. The van der Waals surface area contributed by atoms with Crippen molar-refractivity contribution >= 4 is 16.0 Å². The van der Waals surface area contributed by atoms with Gasteiger partial charge in [0.15, 0.2) is 0 Å². The van der Waals surface area contributed by atoms with E-state index in [1.807, 2.05) is 19.9 Å². The summed E-state index contributed by atoms with van der Waals surface area (Å²) in [6.07, 6.45) is 3.64. The quantitative estimate of drug-likeness (QED) is 0.813. The molecule has 2 rings (SSSR count). The maximum absolute atomic E-state index is 12.6. The van der Waals surface area contributed by atoms with E-state index in [1.54, 1.807) is 12.1 Å². The Morgan fingerprint density at radius 2 is 2.00 bits per heavy atom. The molecule has 0 fully saturated rings. The topological polar surface area (TPSA) is 72.5 Å². The Bertz CT molecular complexity index is 654. The minimum absolute atomic E-state index is 0.142. The minimum atomic E-state index is -3.74. The van der Waals surface area contributed by atoms with Crippen LogP contribution in [0, 0.1) is 5.92 Å². The van der Waals surface area contributed by atoms with Crippen LogP contribution >= 0.6 is 0 Å². The predicted molar refractivity (Wildman–Crippen MR) is 84.0 cm³/mol. The van der Waals surface area contributed by atoms with Crippen LogP contribution in [0.5, 0.6) is 0 Å². The van der Waals surface area contributed by atoms with Crippen molar-refractivity contribution in [2.24, 2.45) is 5.92 Å². The van der Waals surface area contributed by atoms with Gasteiger partial charge in [-0.3, -0.25) is 4.79 Å². The SMILES string of the molecule is CC[C@@H](C)[C@H](NS(=O)(=O)c1ccc2c(c1)CCC2)C(=O)OC. The first-order chi connectivity index (χ1) is 10.4. The monoisotopic (exact) mass is 325 g/mol. The van der Waals surface area contributed by atoms with Crippen LogP contribution < -0.4 is 4.72 Å². The van der Waals surface area contributed by atoms with Crippen molar-refractivity contribution < 1.29 is 17.9 Å². The molecule has 0 spiro atoms. The summed E-state index contributed by atoms with van der Waals surface area (Å²) in [7, 11) is -2.48. The maximum Gasteiger partial charge on any atom is 0.324 e. The zero-order chi connectivity index (χ0) is 16.3. The van der Waals surface area contributed by atoms with Crippen LogP contribution in [0.15, 0.2) is 23.1 Å². The lowest BCUT2D eigenvalue weighted by molar-refractivity contribution is -0.143. The van der Waals surface area contributed by atoms with Gasteiger partial charge in [0, 0.05) is 0 Å². The van der Waals surface area contributed by atoms with Gasteiger partial charge in [0.1, 0.15) is 6.04 Å². The van der Waals surface area contributed by atoms with Crippen molar-refractivity contribution in [3.8, 4) is 0 Å². The van der Waals surface area contributed by atoms with Crippen molar-refractivity contribution in [2.75, 3.05) is 7.11 Å². The third kappa shape index (κ3) is 3.50. The summed E-state index contributed by atoms with van der Waals surface area (Å²) in [6, 6.07) is 4.33. The number of hydrogen-bond acceptors (Lipinski definition) is 4. The number of sulfonamides is 1. The molecule has 0 amide bonds. The molecule has 22 heavy (non-hydrogen) atoms. The molecule has 122 valence electrons. The maximum atomic E-state index is 12.6. The van der Waals surface area contributed by atoms with Gasteiger partial charge in [-0.25, -0.2) is 8.42 Å². The van der Waals surface area contributed by atoms with E-state index in [-0.39, 0.29) is 10.8 Å². The molecular weight excluding hydrogens is 302 g/mol. The normalized spacial score (nSPS) is 16.9. The van der Waals surface area contributed by atoms with Gasteiger partial charge in [-0.15, -0.1) is 0 Å². The fourth-order valence-corrected chi connectivity index (χ4v) is 4.05. The predicted octanol–water partition coefficient (Wildman–Crippen LogP) is 2.04. The smallest absolute Gasteiger partial charge is 0.324 e. The molecule has 1 aliphatic carbocycles. The van der Waals surface area contributed by atoms with E-state index in [1.165, 1.54) is 12.7 Å². The molecule has 0 unspecified atom stereocenters. The summed E-state index contributed by atoms with van der Waals surface area (Å²) in [4.78, 5) is 12.1. The molecule has 0 aliphatic heterocycles. The number of rotatable bonds is 6. The Morgan fingerprint density at radius 3 is 2.64 bits per heavy atom. The van der Waals surface area contributed by atoms with Crippen molar-refractivity contribution in [1.82, 2.24) is 4.72 Å². The zero-order valence-electron chi connectivity index (χ0n) is 13.3. The van der Waals surface area contributed by atoms with Crippen molar-refractivity contribution in [3.05, 3.63) is 29.3 Å². The average molecular weight is 325 g/mol. The molecule has 1 N–H and O–H groups in total. The summed E-state index contributed by atoms with van der Waals surface area (Å²) in [6.45, 7) is 3.73. The second-order valence-corrected chi connectivity index (χ2v) is 7.51. The molecule has 1 aromatic carbocycles. The molecule has 1 aromatic rings. The largest absolute Gasteiger partial charge is 0.468 e. The highest BCUT2D eigenvalue weighted by Crippen LogP contribution is 2.25. The van der Waals surface area contributed by atoms with Gasteiger partial charge in [0.05, 0.1) is 12.0 Å². The van der Waals surface area contributed by atoms with Crippen LogP contribution in [0.4, 0.5) is 0 Å². The van der Waals surface area contributed by atoms with E-state index in [4.69, 9.17) is 4.74 Å². The Labute approximate surface area is 132 Å². The first-order valence-corrected chi connectivity index (χ1v) is 9.09. The summed E-state index contributed by atoms with van der Waals surface area (Å²) in [5, 5.41) is 0. The van der Waals surface area contributed by atoms with Crippen LogP contribution in [-0.2, 0) is 32.4 Å². The number of aryl methyl sites for hydroxylation is 2. The average Bonchev–Trinajstić information content (AvgIpc) is 2.98. The molecule has 0 radical (unpaired) electrons. The summed E-state index contributed by atoms with van der Waals surface area (Å²) in [5.41, 5.74) is 2.30. The number of hydrogen-bond donors (Lipinski definition) is 1. The number of esters is 1. The molecule has 0 saturated heterocycles. The Balaban J connectivity index is 2.27. The number of carbonyl (C=O) groups excluding carboxylic acids is 1. The fourth-order valence-electron chi connectivity index (χ4n) is 2.71. The van der Waals surface area contributed by atoms with Gasteiger partial charge in [-0.1, -0.05) is 26.3 Å². The van der Waals surface area contributed by atoms with Crippen molar-refractivity contribution in [1.29, 1.82) is 0 Å². The van der Waals surface area contributed by atoms with E-state index in [0.717, 1.165) is 24.8 Å². The second-order valence-electron chi connectivity index (χ2n) is 5.79. The van der Waals surface area contributed by atoms with Gasteiger partial charge in [0.2, 0.25) is 10.0 Å². The number of methoxy groups -OCH3 is 1. The Morgan fingerprint density at radius 1 is 1.32 bits per heavy atom. The number of fused-ring (bicyclic) bond motifs is 1. The van der Waals surface area contributed by atoms with Crippen LogP contribution in [-0.4, -0.2) is 27.5 Å². The van der Waals surface area contributed by atoms with Gasteiger partial charge < -0.3 is 4.74 Å². The molecule has 1 aliphatic rings. The number of carbonyl (C=O) groups is 1. The van der Waals surface area contributed by atoms with Crippen LogP contribution in [0.1, 0.15) is 37.8 Å². The first kappa shape index (κ1) is 17.0. The highest BCUT2D eigenvalue weighted by molar-refractivity contribution is 7.89. The van der Waals surface area contributed by atoms with E-state index >= 15 is 0 Å². The minimum Gasteiger partial charge on any atom is -0.468 e. The van der Waals surface area contributed by atoms with E-state index in [9.17, 15) is 13.2 Å². The van der Waals surface area contributed by atoms with Crippen LogP contribution in [0.2, 0.25) is 0 Å². The molecule has 6 heteroatoms. The molecule has 0 aromatic heterocycles. The molecule has 0 heterocycles. The molecule has 0 bridgehead atoms. The summed E-state index contributed by atoms with van der Waals surface area (Å²) in [5.74, 6) is -0.698. The van der Waals surface area contributed by atoms with Gasteiger partial charge >= 0.3 is 5.97 Å². The van der Waals surface area contributed by atoms with Gasteiger partial charge in [-0.2, -0.15) is 4.72 Å². The summed E-state index contributed by atoms with van der Waals surface area (Å²) < 4.78 is 32.4. The number of ether oxygens (including phenoxy) is 1. The van der Waals surface area contributed by atoms with Crippen LogP contribution in [0.3, 0.4) is 0 Å². The lowest BCUT2D eigenvalue weighted by Crippen LogP contribution is -2.45. The fraction of sp³-hybridized carbons (Fsp3) is 0.562. The Hall–Kier alpha value is -1.40. The van der Waals surface area contributed by atoms with E-state index in [2.05, 4.69) is 4.72 Å². The third-order valence-corrected chi connectivity index (χ3v) is 5.77. The molecule has 5 nitrogen and oxygen atoms in total. The Kier molecular flexibility index (Phi) is 5.24.